The summed E-state index contributed by atoms with van der Waals surface area (Å²) in [5.74, 6) is -2.04. The molecule has 8 N–H and O–H groups in total. The lowest BCUT2D eigenvalue weighted by atomic mass is 10.1. The normalized spacial score (nSPS) is 11.9. The van der Waals surface area contributed by atoms with E-state index < -0.39 is 35.6 Å². The van der Waals surface area contributed by atoms with Gasteiger partial charge in [-0.2, -0.15) is 10.2 Å². The van der Waals surface area contributed by atoms with E-state index in [2.05, 4.69) is 25.8 Å². The molecule has 21 heteroatoms. The Morgan fingerprint density at radius 2 is 1.20 bits per heavy atom. The summed E-state index contributed by atoms with van der Waals surface area (Å²) in [7, 11) is 1.45. The number of hydrogen-bond donors (Lipinski definition) is 5. The van der Waals surface area contributed by atoms with Gasteiger partial charge in [-0.05, 0) is 70.5 Å². The van der Waals surface area contributed by atoms with E-state index in [0.717, 1.165) is 6.42 Å². The van der Waals surface area contributed by atoms with Crippen molar-refractivity contribution in [3.05, 3.63) is 82.5 Å². The highest BCUT2D eigenvalue weighted by molar-refractivity contribution is 6.05. The summed E-state index contributed by atoms with van der Waals surface area (Å²) in [5.41, 5.74) is 21.0. The van der Waals surface area contributed by atoms with Crippen LogP contribution in [0.3, 0.4) is 0 Å². The highest BCUT2D eigenvalue weighted by atomic mass is 16.5. The van der Waals surface area contributed by atoms with Crippen LogP contribution in [0.25, 0.3) is 22.1 Å². The molecule has 2 aromatic carbocycles. The average molecular weight is 880 g/mol. The molecule has 0 spiro atoms. The minimum absolute atomic E-state index is 0.0462. The van der Waals surface area contributed by atoms with Crippen LogP contribution in [-0.2, 0) is 35.7 Å². The molecule has 0 fully saturated rings. The number of anilines is 2. The van der Waals surface area contributed by atoms with Gasteiger partial charge < -0.3 is 40.5 Å². The van der Waals surface area contributed by atoms with Gasteiger partial charge in [0.15, 0.2) is 0 Å². The zero-order chi connectivity index (χ0) is 46.2. The molecule has 0 saturated heterocycles. The standard InChI is InChI=1S/C43H53N13O8/c1-7-13-28(44)41(61)64-17-12-16-63-34-23-27(38(46)58)21-30-36(34)54(43(48-30)50-40(60)32-19-25(5)52-56(32)9-3)15-11-10-14-53-35-29(20-26(37(45)57)22-33(35)62-6)47-42(53)49-39(59)31-18-24(4)51-55(31)8-2/h10-11,18-23,28H,7-9,12-17,44H2,1-6H3,(H2,45,57)(H2,46,58)(H,47,49,59)(H,48,50,60)/b11-10+/t28-/m0/s1. The van der Waals surface area contributed by atoms with Crippen molar-refractivity contribution in [3.8, 4) is 11.5 Å². The summed E-state index contributed by atoms with van der Waals surface area (Å²) in [5, 5.41) is 14.6. The van der Waals surface area contributed by atoms with E-state index in [1.807, 2.05) is 26.8 Å². The fourth-order valence-corrected chi connectivity index (χ4v) is 7.14. The molecule has 4 heterocycles. The maximum atomic E-state index is 13.8. The van der Waals surface area contributed by atoms with Gasteiger partial charge in [-0.15, -0.1) is 0 Å². The Morgan fingerprint density at radius 1 is 0.719 bits per heavy atom. The zero-order valence-corrected chi connectivity index (χ0v) is 36.6. The number of methoxy groups -OCH3 is 1. The monoisotopic (exact) mass is 879 g/mol. The lowest BCUT2D eigenvalue weighted by molar-refractivity contribution is -0.145. The number of allylic oxidation sites excluding steroid dienone is 2. The largest absolute Gasteiger partial charge is 0.494 e. The maximum absolute atomic E-state index is 13.8. The summed E-state index contributed by atoms with van der Waals surface area (Å²) in [4.78, 5) is 73.9. The molecule has 0 aliphatic rings. The van der Waals surface area contributed by atoms with Crippen molar-refractivity contribution >= 4 is 63.6 Å². The van der Waals surface area contributed by atoms with E-state index in [-0.39, 0.29) is 55.1 Å². The number of aryl methyl sites for hydroxylation is 4. The minimum Gasteiger partial charge on any atom is -0.494 e. The van der Waals surface area contributed by atoms with Crippen LogP contribution in [-0.4, -0.2) is 94.6 Å². The third-order valence-electron chi connectivity index (χ3n) is 10.2. The van der Waals surface area contributed by atoms with Crippen LogP contribution in [0, 0.1) is 13.8 Å². The van der Waals surface area contributed by atoms with E-state index in [9.17, 15) is 24.0 Å². The number of aromatic nitrogens is 8. The number of primary amides is 2. The first-order valence-electron chi connectivity index (χ1n) is 20.8. The molecule has 0 radical (unpaired) electrons. The number of imidazole rings is 2. The van der Waals surface area contributed by atoms with Crippen molar-refractivity contribution in [3.63, 3.8) is 0 Å². The zero-order valence-electron chi connectivity index (χ0n) is 36.6. The van der Waals surface area contributed by atoms with Crippen LogP contribution in [0.1, 0.15) is 93.1 Å². The molecule has 21 nitrogen and oxygen atoms in total. The summed E-state index contributed by atoms with van der Waals surface area (Å²) < 4.78 is 23.8. The van der Waals surface area contributed by atoms with Gasteiger partial charge in [-0.3, -0.25) is 44.0 Å². The molecule has 64 heavy (non-hydrogen) atoms. The second-order valence-electron chi connectivity index (χ2n) is 14.8. The van der Waals surface area contributed by atoms with Gasteiger partial charge in [-0.25, -0.2) is 9.97 Å². The molecule has 0 aliphatic carbocycles. The highest BCUT2D eigenvalue weighted by Crippen LogP contribution is 2.33. The molecule has 6 aromatic rings. The predicted molar refractivity (Wildman–Crippen MR) is 237 cm³/mol. The first-order valence-corrected chi connectivity index (χ1v) is 20.8. The summed E-state index contributed by atoms with van der Waals surface area (Å²) in [6, 6.07) is 8.62. The Labute approximate surface area is 367 Å². The molecule has 0 aliphatic heterocycles. The van der Waals surface area contributed by atoms with Gasteiger partial charge in [0.25, 0.3) is 11.8 Å². The van der Waals surface area contributed by atoms with Gasteiger partial charge in [0.05, 0.1) is 42.7 Å². The van der Waals surface area contributed by atoms with Crippen molar-refractivity contribution in [2.24, 2.45) is 17.2 Å². The van der Waals surface area contributed by atoms with Gasteiger partial charge in [-0.1, -0.05) is 25.5 Å². The summed E-state index contributed by atoms with van der Waals surface area (Å²) in [6.45, 7) is 10.5. The number of nitrogens with zero attached hydrogens (tertiary/aromatic N) is 8. The van der Waals surface area contributed by atoms with Crippen LogP contribution in [0.2, 0.25) is 0 Å². The van der Waals surface area contributed by atoms with Crippen molar-refractivity contribution in [1.29, 1.82) is 0 Å². The molecular formula is C43H53N13O8. The van der Waals surface area contributed by atoms with Crippen LogP contribution < -0.4 is 37.3 Å². The quantitative estimate of drug-likeness (QED) is 0.0391. The number of nitrogens with two attached hydrogens (primary N) is 3. The number of benzene rings is 2. The smallest absolute Gasteiger partial charge is 0.322 e. The molecule has 1 atom stereocenters. The highest BCUT2D eigenvalue weighted by Gasteiger charge is 2.24. The number of carbonyl (C=O) groups excluding carboxylic acids is 5. The minimum atomic E-state index is -0.726. The predicted octanol–water partition coefficient (Wildman–Crippen LogP) is 3.84. The molecule has 0 saturated carbocycles. The Hall–Kier alpha value is -7.55. The topological polar surface area (TPSA) is 286 Å². The summed E-state index contributed by atoms with van der Waals surface area (Å²) >= 11 is 0. The van der Waals surface area contributed by atoms with E-state index in [1.54, 1.807) is 50.6 Å². The average Bonchev–Trinajstić information content (AvgIpc) is 4.03. The number of esters is 1. The molecule has 6 rings (SSSR count). The lowest BCUT2D eigenvalue weighted by Gasteiger charge is -2.14. The van der Waals surface area contributed by atoms with Crippen molar-refractivity contribution in [2.75, 3.05) is 31.0 Å². The van der Waals surface area contributed by atoms with Crippen molar-refractivity contribution < 1.29 is 38.2 Å². The molecule has 0 unspecified atom stereocenters. The molecule has 4 amide bonds. The molecule has 338 valence electrons. The number of fused-ring (bicyclic) bond motifs is 2. The fraction of sp³-hybridized carbons (Fsp3) is 0.372. The van der Waals surface area contributed by atoms with Gasteiger partial charge in [0, 0.05) is 43.7 Å². The lowest BCUT2D eigenvalue weighted by Crippen LogP contribution is -2.32. The number of carbonyl (C=O) groups is 5. The van der Waals surface area contributed by atoms with Crippen LogP contribution >= 0.6 is 0 Å². The number of ether oxygens (including phenoxy) is 3. The van der Waals surface area contributed by atoms with Gasteiger partial charge in [0.1, 0.15) is 40.0 Å². The Kier molecular flexibility index (Phi) is 14.4. The first-order chi connectivity index (χ1) is 30.7. The number of nitrogens with one attached hydrogen (secondary N) is 2. The van der Waals surface area contributed by atoms with Gasteiger partial charge >= 0.3 is 5.97 Å². The van der Waals surface area contributed by atoms with Crippen LogP contribution in [0.15, 0.2) is 48.6 Å². The SMILES string of the molecule is CCC[C@H](N)C(=O)OCCCOc1cc(C(N)=O)cc2nc(NC(=O)c3cc(C)nn3CC)n(C/C=C/Cn3c(NC(=O)c4cc(C)nn4CC)nc4cc(C(N)=O)cc(OC)c43)c12. The third-order valence-corrected chi connectivity index (χ3v) is 10.2. The Balaban J connectivity index is 1.37. The first kappa shape index (κ1) is 46.0. The second-order valence-corrected chi connectivity index (χ2v) is 14.8. The van der Waals surface area contributed by atoms with E-state index in [0.29, 0.717) is 76.5 Å². The number of hydrogen-bond acceptors (Lipinski definition) is 13. The van der Waals surface area contributed by atoms with E-state index in [4.69, 9.17) is 36.4 Å². The van der Waals surface area contributed by atoms with Crippen LogP contribution in [0.4, 0.5) is 11.9 Å². The van der Waals surface area contributed by atoms with Crippen molar-refractivity contribution in [2.45, 2.75) is 86.1 Å². The Bertz CT molecular complexity index is 2760. The molecular weight excluding hydrogens is 827 g/mol. The molecule has 0 bridgehead atoms. The fourth-order valence-electron chi connectivity index (χ4n) is 7.14. The van der Waals surface area contributed by atoms with E-state index in [1.165, 1.54) is 31.4 Å². The summed E-state index contributed by atoms with van der Waals surface area (Å²) in [6.07, 6.45) is 5.15. The Morgan fingerprint density at radius 3 is 1.66 bits per heavy atom. The second kappa shape index (κ2) is 20.1. The maximum Gasteiger partial charge on any atom is 0.322 e. The van der Waals surface area contributed by atoms with Crippen LogP contribution in [0.5, 0.6) is 11.5 Å². The van der Waals surface area contributed by atoms with Crippen molar-refractivity contribution in [1.82, 2.24) is 38.7 Å². The number of rotatable bonds is 21. The molecule has 4 aromatic heterocycles. The third kappa shape index (κ3) is 10.0. The number of amides is 4. The van der Waals surface area contributed by atoms with Gasteiger partial charge in [0.2, 0.25) is 23.7 Å². The van der Waals surface area contributed by atoms with E-state index >= 15 is 0 Å².